The molecule has 7 nitrogen and oxygen atoms in total. The molecular weight excluding hydrogens is 418 g/mol. The first kappa shape index (κ1) is 21.0. The normalized spacial score (nSPS) is 14.0. The lowest BCUT2D eigenvalue weighted by molar-refractivity contribution is 0.0937. The lowest BCUT2D eigenvalue weighted by Crippen LogP contribution is -2.27. The third-order valence-corrected chi connectivity index (χ3v) is 6.13. The zero-order valence-corrected chi connectivity index (χ0v) is 18.7. The van der Waals surface area contributed by atoms with Gasteiger partial charge in [0.1, 0.15) is 5.82 Å². The number of fused-ring (bicyclic) bond motifs is 1. The van der Waals surface area contributed by atoms with E-state index in [-0.39, 0.29) is 12.0 Å². The number of aromatic nitrogens is 3. The van der Waals surface area contributed by atoms with E-state index in [4.69, 9.17) is 9.47 Å². The van der Waals surface area contributed by atoms with Crippen LogP contribution >= 0.6 is 0 Å². The van der Waals surface area contributed by atoms with Crippen molar-refractivity contribution in [2.45, 2.75) is 38.7 Å². The maximum Gasteiger partial charge on any atom is 0.341 e. The molecule has 0 radical (unpaired) electrons. The lowest BCUT2D eigenvalue weighted by Gasteiger charge is -2.17. The molecule has 0 atom stereocenters. The number of methoxy groups -OCH3 is 1. The molecule has 1 aliphatic rings. The average Bonchev–Trinajstić information content (AvgIpc) is 3.44. The van der Waals surface area contributed by atoms with E-state index < -0.39 is 5.69 Å². The highest BCUT2D eigenvalue weighted by Gasteiger charge is 2.20. The summed E-state index contributed by atoms with van der Waals surface area (Å²) < 4.78 is 14.3. The molecule has 2 aromatic carbocycles. The van der Waals surface area contributed by atoms with Gasteiger partial charge in [-0.1, -0.05) is 18.2 Å². The Hall–Kier alpha value is -3.87. The Labute approximate surface area is 191 Å². The highest BCUT2D eigenvalue weighted by molar-refractivity contribution is 5.90. The van der Waals surface area contributed by atoms with Crippen LogP contribution in [0.15, 0.2) is 65.6 Å². The van der Waals surface area contributed by atoms with Gasteiger partial charge in [-0.25, -0.2) is 18.9 Å². The third kappa shape index (κ3) is 3.80. The van der Waals surface area contributed by atoms with E-state index >= 15 is 0 Å². The number of hydrogen-bond acceptors (Lipinski definition) is 5. The summed E-state index contributed by atoms with van der Waals surface area (Å²) in [7, 11) is 1.64. The molecule has 33 heavy (non-hydrogen) atoms. The van der Waals surface area contributed by atoms with Crippen LogP contribution in [-0.4, -0.2) is 33.2 Å². The van der Waals surface area contributed by atoms with Crippen LogP contribution < -0.4 is 15.2 Å². The second kappa shape index (κ2) is 8.58. The highest BCUT2D eigenvalue weighted by Crippen LogP contribution is 2.35. The number of nitrogens with zero attached hydrogens (tertiary/aromatic N) is 3. The molecule has 7 heteroatoms. The van der Waals surface area contributed by atoms with Gasteiger partial charge in [0.15, 0.2) is 11.5 Å². The Balaban J connectivity index is 1.52. The molecule has 2 heterocycles. The van der Waals surface area contributed by atoms with Crippen LogP contribution in [0, 0.1) is 0 Å². The van der Waals surface area contributed by atoms with Crippen molar-refractivity contribution in [2.75, 3.05) is 7.11 Å². The smallest absolute Gasteiger partial charge is 0.341 e. The molecule has 1 aliphatic carbocycles. The van der Waals surface area contributed by atoms with Crippen LogP contribution in [0.25, 0.3) is 28.0 Å². The van der Waals surface area contributed by atoms with E-state index in [0.717, 1.165) is 29.7 Å². The van der Waals surface area contributed by atoms with Crippen LogP contribution in [0.5, 0.6) is 11.5 Å². The fourth-order valence-electron chi connectivity index (χ4n) is 4.50. The summed E-state index contributed by atoms with van der Waals surface area (Å²) in [5.74, 6) is 1.56. The van der Waals surface area contributed by atoms with E-state index in [1.54, 1.807) is 31.5 Å². The summed E-state index contributed by atoms with van der Waals surface area (Å²) in [6.07, 6.45) is 6.45. The maximum atomic E-state index is 13.0. The van der Waals surface area contributed by atoms with Gasteiger partial charge in [0.25, 0.3) is 0 Å². The fraction of sp³-hybridized carbons (Fsp3) is 0.269. The highest BCUT2D eigenvalue weighted by atomic mass is 16.5. The number of rotatable bonds is 5. The van der Waals surface area contributed by atoms with Crippen LogP contribution in [0.1, 0.15) is 37.4 Å². The molecule has 4 aromatic rings. The van der Waals surface area contributed by atoms with E-state index in [9.17, 15) is 9.59 Å². The molecule has 1 fully saturated rings. The van der Waals surface area contributed by atoms with Crippen molar-refractivity contribution >= 4 is 16.9 Å². The Morgan fingerprint density at radius 1 is 0.970 bits per heavy atom. The van der Waals surface area contributed by atoms with Gasteiger partial charge < -0.3 is 9.47 Å². The second-order valence-electron chi connectivity index (χ2n) is 8.26. The van der Waals surface area contributed by atoms with Crippen molar-refractivity contribution in [3.05, 3.63) is 71.3 Å². The summed E-state index contributed by atoms with van der Waals surface area (Å²) in [4.78, 5) is 29.6. The number of benzene rings is 2. The second-order valence-corrected chi connectivity index (χ2v) is 8.26. The van der Waals surface area contributed by atoms with Crippen LogP contribution in [0.2, 0.25) is 0 Å². The summed E-state index contributed by atoms with van der Waals surface area (Å²) >= 11 is 0. The average molecular weight is 444 g/mol. The van der Waals surface area contributed by atoms with Crippen LogP contribution in [0.3, 0.4) is 0 Å². The van der Waals surface area contributed by atoms with Gasteiger partial charge in [0.05, 0.1) is 24.2 Å². The summed E-state index contributed by atoms with van der Waals surface area (Å²) in [5, 5.41) is 0. The van der Waals surface area contributed by atoms with E-state index in [2.05, 4.69) is 4.98 Å². The number of carbonyl (C=O) groups is 1. The van der Waals surface area contributed by atoms with Crippen LogP contribution in [0.4, 0.5) is 0 Å². The molecule has 168 valence electrons. The quantitative estimate of drug-likeness (QED) is 0.441. The van der Waals surface area contributed by atoms with E-state index in [1.807, 2.05) is 36.4 Å². The van der Waals surface area contributed by atoms with Crippen molar-refractivity contribution in [3.63, 3.8) is 0 Å². The van der Waals surface area contributed by atoms with Crippen molar-refractivity contribution in [3.8, 4) is 28.4 Å². The van der Waals surface area contributed by atoms with E-state index in [1.165, 1.54) is 28.9 Å². The molecule has 0 amide bonds. The molecule has 0 bridgehead atoms. The fourth-order valence-corrected chi connectivity index (χ4v) is 4.50. The molecule has 1 saturated carbocycles. The van der Waals surface area contributed by atoms with Crippen molar-refractivity contribution < 1.29 is 14.3 Å². The van der Waals surface area contributed by atoms with Gasteiger partial charge in [0, 0.05) is 18.7 Å². The Morgan fingerprint density at radius 3 is 2.36 bits per heavy atom. The predicted molar refractivity (Wildman–Crippen MR) is 127 cm³/mol. The summed E-state index contributed by atoms with van der Waals surface area (Å²) in [6, 6.07) is 16.7. The topological polar surface area (TPSA) is 75.4 Å². The molecule has 0 unspecified atom stereocenters. The largest absolute Gasteiger partial charge is 0.493 e. The first-order valence-corrected chi connectivity index (χ1v) is 11.1. The van der Waals surface area contributed by atoms with E-state index in [0.29, 0.717) is 22.6 Å². The third-order valence-electron chi connectivity index (χ3n) is 6.13. The minimum Gasteiger partial charge on any atom is -0.493 e. The minimum absolute atomic E-state index is 0.222. The maximum absolute atomic E-state index is 13.0. The monoisotopic (exact) mass is 443 g/mol. The summed E-state index contributed by atoms with van der Waals surface area (Å²) in [6.45, 7) is 1.38. The molecule has 0 spiro atoms. The van der Waals surface area contributed by atoms with Crippen LogP contribution in [-0.2, 0) is 0 Å². The lowest BCUT2D eigenvalue weighted by atomic mass is 10.1. The van der Waals surface area contributed by atoms with Gasteiger partial charge in [-0.15, -0.1) is 0 Å². The molecule has 2 aromatic heterocycles. The Kier molecular flexibility index (Phi) is 5.46. The Morgan fingerprint density at radius 2 is 1.70 bits per heavy atom. The van der Waals surface area contributed by atoms with Gasteiger partial charge in [0.2, 0.25) is 5.91 Å². The summed E-state index contributed by atoms with van der Waals surface area (Å²) in [5.41, 5.74) is 2.60. The Bertz CT molecular complexity index is 1380. The number of para-hydroxylation sites is 2. The molecule has 0 N–H and O–H groups in total. The first-order chi connectivity index (χ1) is 16.1. The van der Waals surface area contributed by atoms with Gasteiger partial charge in [-0.2, -0.15) is 0 Å². The van der Waals surface area contributed by atoms with Crippen molar-refractivity contribution in [2.24, 2.45) is 0 Å². The number of ether oxygens (including phenoxy) is 2. The van der Waals surface area contributed by atoms with Crippen molar-refractivity contribution in [1.29, 1.82) is 0 Å². The molecular formula is C26H25N3O4. The SMILES string of the molecule is COc1ccc(-c2ccc(-n3c(=O)n(C(C)=O)c4ccccc43)nc2)cc1OC1CCCC1. The molecule has 0 aliphatic heterocycles. The number of hydrogen-bond donors (Lipinski definition) is 0. The van der Waals surface area contributed by atoms with Gasteiger partial charge in [-0.05, 0) is 67.6 Å². The number of imidazole rings is 1. The first-order valence-electron chi connectivity index (χ1n) is 11.1. The standard InChI is InChI=1S/C26H25N3O4/c1-17(30)28-21-9-5-6-10-22(21)29(26(28)31)25-14-12-19(16-27-25)18-11-13-23(32-2)24(15-18)33-20-7-3-4-8-20/h5-6,9-16,20H,3-4,7-8H2,1-2H3. The molecule has 5 rings (SSSR count). The zero-order chi connectivity index (χ0) is 22.9. The van der Waals surface area contributed by atoms with Crippen molar-refractivity contribution in [1.82, 2.24) is 14.1 Å². The van der Waals surface area contributed by atoms with Gasteiger partial charge in [-0.3, -0.25) is 4.79 Å². The minimum atomic E-state index is -0.430. The van der Waals surface area contributed by atoms with Gasteiger partial charge >= 0.3 is 5.69 Å². The number of pyridine rings is 1. The molecule has 0 saturated heterocycles. The number of carbonyl (C=O) groups excluding carboxylic acids is 1. The predicted octanol–water partition coefficient (Wildman–Crippen LogP) is 4.84. The zero-order valence-electron chi connectivity index (χ0n) is 18.7.